The summed E-state index contributed by atoms with van der Waals surface area (Å²) in [6.07, 6.45) is 1.26. The highest BCUT2D eigenvalue weighted by Gasteiger charge is 2.33. The molecule has 1 rings (SSSR count). The highest BCUT2D eigenvalue weighted by atomic mass is 16.6. The maximum atomic E-state index is 11.7. The second kappa shape index (κ2) is 4.86. The molecule has 0 spiro atoms. The molecule has 1 unspecified atom stereocenters. The first-order valence-electron chi connectivity index (χ1n) is 5.19. The fourth-order valence-corrected chi connectivity index (χ4v) is 1.23. The van der Waals surface area contributed by atoms with Crippen LogP contribution in [0, 0.1) is 10.1 Å². The third kappa shape index (κ3) is 2.65. The highest BCUT2D eigenvalue weighted by Crippen LogP contribution is 2.14. The average Bonchev–Trinajstić information content (AvgIpc) is 2.77. The number of H-pyrrole nitrogens is 1. The molecule has 0 aliphatic heterocycles. The van der Waals surface area contributed by atoms with E-state index < -0.39 is 22.3 Å². The lowest BCUT2D eigenvalue weighted by atomic mass is 9.99. The number of rotatable bonds is 5. The smallest absolute Gasteiger partial charge is 0.329 e. The zero-order valence-electron chi connectivity index (χ0n) is 9.89. The minimum Gasteiger partial charge on any atom is -0.480 e. The van der Waals surface area contributed by atoms with Crippen LogP contribution in [0.25, 0.3) is 0 Å². The van der Waals surface area contributed by atoms with Crippen LogP contribution in [-0.2, 0) is 4.79 Å². The van der Waals surface area contributed by atoms with Crippen LogP contribution >= 0.6 is 0 Å². The van der Waals surface area contributed by atoms with E-state index >= 15 is 0 Å². The van der Waals surface area contributed by atoms with Gasteiger partial charge >= 0.3 is 5.97 Å². The topological polar surface area (TPSA) is 125 Å². The molecule has 0 bridgehead atoms. The molecule has 8 heteroatoms. The van der Waals surface area contributed by atoms with Crippen LogP contribution in [0.4, 0.5) is 5.69 Å². The molecule has 0 aliphatic rings. The summed E-state index contributed by atoms with van der Waals surface area (Å²) in [7, 11) is 0. The number of nitrogens with one attached hydrogen (secondary N) is 2. The van der Waals surface area contributed by atoms with Gasteiger partial charge in [0.2, 0.25) is 0 Å². The van der Waals surface area contributed by atoms with Crippen molar-refractivity contribution in [2.75, 3.05) is 0 Å². The van der Waals surface area contributed by atoms with Crippen molar-refractivity contribution in [3.63, 3.8) is 0 Å². The maximum Gasteiger partial charge on any atom is 0.329 e. The first-order valence-corrected chi connectivity index (χ1v) is 5.19. The Balaban J connectivity index is 2.88. The summed E-state index contributed by atoms with van der Waals surface area (Å²) in [5, 5.41) is 21.8. The van der Waals surface area contributed by atoms with Crippen molar-refractivity contribution in [2.24, 2.45) is 0 Å². The van der Waals surface area contributed by atoms with Crippen molar-refractivity contribution in [1.29, 1.82) is 0 Å². The van der Waals surface area contributed by atoms with E-state index in [9.17, 15) is 19.7 Å². The first kappa shape index (κ1) is 13.7. The summed E-state index contributed by atoms with van der Waals surface area (Å²) in [4.78, 5) is 35.0. The average molecular weight is 255 g/mol. The van der Waals surface area contributed by atoms with Crippen molar-refractivity contribution in [1.82, 2.24) is 10.3 Å². The molecule has 1 amide bonds. The standard InChI is InChI=1S/C10H13N3O5/c1-3-10(2,9(15)16)12-8(14)7-4-6(5-11-7)13(17)18/h4-5,11H,3H2,1-2H3,(H,12,14)(H,15,16). The molecule has 98 valence electrons. The third-order valence-corrected chi connectivity index (χ3v) is 2.69. The predicted molar refractivity (Wildman–Crippen MR) is 61.2 cm³/mol. The van der Waals surface area contributed by atoms with E-state index in [2.05, 4.69) is 10.3 Å². The lowest BCUT2D eigenvalue weighted by Gasteiger charge is -2.24. The largest absolute Gasteiger partial charge is 0.480 e. The molecule has 0 aliphatic carbocycles. The van der Waals surface area contributed by atoms with Crippen LogP contribution in [0.5, 0.6) is 0 Å². The Hall–Kier alpha value is -2.38. The molecule has 0 saturated heterocycles. The van der Waals surface area contributed by atoms with Gasteiger partial charge in [0.25, 0.3) is 11.6 Å². The van der Waals surface area contributed by atoms with Gasteiger partial charge in [-0.25, -0.2) is 4.79 Å². The van der Waals surface area contributed by atoms with Gasteiger partial charge in [-0.15, -0.1) is 0 Å². The number of hydrogen-bond donors (Lipinski definition) is 3. The van der Waals surface area contributed by atoms with Crippen molar-refractivity contribution in [2.45, 2.75) is 25.8 Å². The number of carboxylic acid groups (broad SMARTS) is 1. The molecule has 18 heavy (non-hydrogen) atoms. The van der Waals surface area contributed by atoms with Gasteiger partial charge in [0.1, 0.15) is 11.2 Å². The molecular weight excluding hydrogens is 242 g/mol. The van der Waals surface area contributed by atoms with Crippen LogP contribution < -0.4 is 5.32 Å². The van der Waals surface area contributed by atoms with Crippen molar-refractivity contribution < 1.29 is 19.6 Å². The molecule has 0 fully saturated rings. The number of carboxylic acids is 1. The predicted octanol–water partition coefficient (Wildman–Crippen LogP) is 0.906. The monoisotopic (exact) mass is 255 g/mol. The van der Waals surface area contributed by atoms with Gasteiger partial charge < -0.3 is 15.4 Å². The third-order valence-electron chi connectivity index (χ3n) is 2.69. The number of aliphatic carboxylic acids is 1. The lowest BCUT2D eigenvalue weighted by molar-refractivity contribution is -0.384. The zero-order valence-corrected chi connectivity index (χ0v) is 9.89. The normalized spacial score (nSPS) is 13.7. The van der Waals surface area contributed by atoms with E-state index in [1.54, 1.807) is 6.92 Å². The number of carbonyl (C=O) groups excluding carboxylic acids is 1. The van der Waals surface area contributed by atoms with Gasteiger partial charge in [-0.05, 0) is 13.3 Å². The summed E-state index contributed by atoms with van der Waals surface area (Å²) in [6.45, 7) is 2.98. The van der Waals surface area contributed by atoms with Crippen molar-refractivity contribution in [3.05, 3.63) is 28.1 Å². The van der Waals surface area contributed by atoms with Crippen LogP contribution in [-0.4, -0.2) is 32.4 Å². The molecule has 1 heterocycles. The van der Waals surface area contributed by atoms with Gasteiger partial charge in [0.15, 0.2) is 0 Å². The fraction of sp³-hybridized carbons (Fsp3) is 0.400. The quantitative estimate of drug-likeness (QED) is 0.532. The molecule has 1 aromatic rings. The molecular formula is C10H13N3O5. The molecule has 0 aromatic carbocycles. The Kier molecular flexibility index (Phi) is 3.70. The maximum absolute atomic E-state index is 11.7. The van der Waals surface area contributed by atoms with E-state index in [4.69, 9.17) is 5.11 Å². The summed E-state index contributed by atoms with van der Waals surface area (Å²) in [5.74, 6) is -1.87. The van der Waals surface area contributed by atoms with Crippen molar-refractivity contribution >= 4 is 17.6 Å². The Morgan fingerprint density at radius 2 is 2.22 bits per heavy atom. The second-order valence-electron chi connectivity index (χ2n) is 3.97. The molecule has 3 N–H and O–H groups in total. The first-order chi connectivity index (χ1) is 8.30. The molecule has 1 atom stereocenters. The van der Waals surface area contributed by atoms with Gasteiger partial charge in [-0.3, -0.25) is 14.9 Å². The van der Waals surface area contributed by atoms with Gasteiger partial charge in [0.05, 0.1) is 11.1 Å². The molecule has 0 radical (unpaired) electrons. The fourth-order valence-electron chi connectivity index (χ4n) is 1.23. The molecule has 8 nitrogen and oxygen atoms in total. The van der Waals surface area contributed by atoms with Gasteiger partial charge in [-0.1, -0.05) is 6.92 Å². The van der Waals surface area contributed by atoms with Crippen molar-refractivity contribution in [3.8, 4) is 0 Å². The second-order valence-corrected chi connectivity index (χ2v) is 3.97. The molecule has 0 saturated carbocycles. The van der Waals surface area contributed by atoms with Crippen LogP contribution in [0.3, 0.4) is 0 Å². The Morgan fingerprint density at radius 3 is 2.61 bits per heavy atom. The van der Waals surface area contributed by atoms with E-state index in [1.165, 1.54) is 6.92 Å². The Labute approximate surface area is 102 Å². The summed E-state index contributed by atoms with van der Waals surface area (Å²) >= 11 is 0. The van der Waals surface area contributed by atoms with Crippen LogP contribution in [0.15, 0.2) is 12.3 Å². The lowest BCUT2D eigenvalue weighted by Crippen LogP contribution is -2.51. The number of hydrogen-bond acceptors (Lipinski definition) is 4. The van der Waals surface area contributed by atoms with E-state index in [-0.39, 0.29) is 17.8 Å². The Bertz CT molecular complexity index is 495. The minimum atomic E-state index is -1.41. The number of nitrogens with zero attached hydrogens (tertiary/aromatic N) is 1. The molecule has 1 aromatic heterocycles. The van der Waals surface area contributed by atoms with E-state index in [1.807, 2.05) is 0 Å². The number of aromatic nitrogens is 1. The Morgan fingerprint density at radius 1 is 1.61 bits per heavy atom. The number of aromatic amines is 1. The van der Waals surface area contributed by atoms with Gasteiger partial charge in [0, 0.05) is 6.07 Å². The van der Waals surface area contributed by atoms with Crippen LogP contribution in [0.1, 0.15) is 30.8 Å². The van der Waals surface area contributed by atoms with E-state index in [0.717, 1.165) is 12.3 Å². The summed E-state index contributed by atoms with van der Waals surface area (Å²) < 4.78 is 0. The van der Waals surface area contributed by atoms with E-state index in [0.29, 0.717) is 0 Å². The van der Waals surface area contributed by atoms with Gasteiger partial charge in [-0.2, -0.15) is 0 Å². The number of nitro groups is 1. The SMILES string of the molecule is CCC(C)(NC(=O)c1cc([N+](=O)[O-])c[nH]1)C(=O)O. The number of carbonyl (C=O) groups is 2. The number of amides is 1. The highest BCUT2D eigenvalue weighted by molar-refractivity contribution is 5.96. The summed E-state index contributed by atoms with van der Waals surface area (Å²) in [5.41, 5.74) is -1.71. The van der Waals surface area contributed by atoms with Crippen LogP contribution in [0.2, 0.25) is 0 Å². The zero-order chi connectivity index (χ0) is 13.9. The summed E-state index contributed by atoms with van der Waals surface area (Å²) in [6, 6.07) is 1.05. The minimum absolute atomic E-state index is 0.0531.